The van der Waals surface area contributed by atoms with Crippen LogP contribution in [0.25, 0.3) is 27.5 Å². The monoisotopic (exact) mass is 633 g/mol. The smallest absolute Gasteiger partial charge is 0.146 e. The van der Waals surface area contributed by atoms with Crippen molar-refractivity contribution in [2.24, 2.45) is 0 Å². The average Bonchev–Trinajstić information content (AvgIpc) is 3.29. The quantitative estimate of drug-likeness (QED) is 0.139. The molecule has 0 saturated heterocycles. The summed E-state index contributed by atoms with van der Waals surface area (Å²) in [5.41, 5.74) is 17.0. The van der Waals surface area contributed by atoms with Gasteiger partial charge in [0.1, 0.15) is 21.9 Å². The minimum atomic E-state index is -1.85. The summed E-state index contributed by atoms with van der Waals surface area (Å²) >= 11 is 0. The maximum Gasteiger partial charge on any atom is 0.146 e. The predicted octanol–water partition coefficient (Wildman–Crippen LogP) is 11.9. The Hall–Kier alpha value is -3.19. The van der Waals surface area contributed by atoms with Crippen LogP contribution in [0.4, 0.5) is 0 Å². The minimum Gasteiger partial charge on any atom is -0.495 e. The number of benzene rings is 3. The van der Waals surface area contributed by atoms with Crippen LogP contribution in [-0.2, 0) is 0 Å². The van der Waals surface area contributed by atoms with Gasteiger partial charge in [-0.05, 0) is 81.8 Å². The number of nitrogens with zero attached hydrogens (tertiary/aromatic N) is 1. The van der Waals surface area contributed by atoms with E-state index in [4.69, 9.17) is 4.74 Å². The number of fused-ring (bicyclic) bond motifs is 3. The Kier molecular flexibility index (Phi) is 10.5. The summed E-state index contributed by atoms with van der Waals surface area (Å²) in [5.74, 6) is 8.27. The molecule has 0 amide bonds. The Balaban J connectivity index is 2.02. The normalized spacial score (nSPS) is 12.5. The van der Waals surface area contributed by atoms with Crippen LogP contribution in [0.3, 0.4) is 0 Å². The highest BCUT2D eigenvalue weighted by molar-refractivity contribution is 6.91. The molecule has 1 aromatic heterocycles. The van der Waals surface area contributed by atoms with Gasteiger partial charge in [0.25, 0.3) is 0 Å². The van der Waals surface area contributed by atoms with Gasteiger partial charge in [-0.25, -0.2) is 0 Å². The summed E-state index contributed by atoms with van der Waals surface area (Å²) in [7, 11) is -1.96. The fraction of sp³-hybridized carbons (Fsp3) is 0.463. The molecule has 3 aromatic carbocycles. The topological polar surface area (TPSA) is 14.2 Å². The first kappa shape index (κ1) is 34.7. The van der Waals surface area contributed by atoms with Crippen LogP contribution in [-0.4, -0.2) is 27.8 Å². The summed E-state index contributed by atoms with van der Waals surface area (Å²) in [6.07, 6.45) is 0. The molecule has 0 aliphatic carbocycles. The largest absolute Gasteiger partial charge is 0.495 e. The highest BCUT2D eigenvalue weighted by atomic mass is 28.3. The third-order valence-corrected chi connectivity index (χ3v) is 23.3. The zero-order valence-corrected chi connectivity index (χ0v) is 32.1. The molecule has 0 radical (unpaired) electrons. The SMILES string of the molecule is COc1ccccc1-n1c2ccc(C#C[Si](C(C)C)(C(C)C)C(C)C)cc2c2cc(C#C[Si](C(C)C)(C(C)C)C(C)C)ccc21. The lowest BCUT2D eigenvalue weighted by Crippen LogP contribution is -2.43. The number of aromatic nitrogens is 1. The molecule has 45 heavy (non-hydrogen) atoms. The third-order valence-electron chi connectivity index (χ3n) is 10.7. The number of hydrogen-bond acceptors (Lipinski definition) is 1. The fourth-order valence-corrected chi connectivity index (χ4v) is 18.9. The Morgan fingerprint density at radius 1 is 0.533 bits per heavy atom. The molecule has 1 heterocycles. The van der Waals surface area contributed by atoms with Gasteiger partial charge in [-0.2, -0.15) is 0 Å². The molecule has 0 bridgehead atoms. The lowest BCUT2D eigenvalue weighted by molar-refractivity contribution is 0.413. The number of rotatable bonds is 8. The third kappa shape index (κ3) is 6.17. The standard InChI is InChI=1S/C41H55NOSi2/c1-28(2)44(29(3)4,30(5)6)24-22-34-18-20-38-36(26-34)37-27-35(23-25-45(31(7)8,32(9)10)33(11)12)19-21-39(37)42(38)40-16-14-15-17-41(40)43-13/h14-21,26-33H,1-13H3. The maximum atomic E-state index is 5.84. The minimum absolute atomic E-state index is 0.598. The summed E-state index contributed by atoms with van der Waals surface area (Å²) < 4.78 is 8.18. The molecule has 0 saturated carbocycles. The first-order chi connectivity index (χ1) is 21.2. The maximum absolute atomic E-state index is 5.84. The van der Waals surface area contributed by atoms with Crippen LogP contribution in [0, 0.1) is 22.9 Å². The second kappa shape index (κ2) is 13.7. The van der Waals surface area contributed by atoms with E-state index in [2.05, 4.69) is 159 Å². The lowest BCUT2D eigenvalue weighted by Gasteiger charge is -2.38. The molecule has 0 unspecified atom stereocenters. The molecule has 0 N–H and O–H groups in total. The highest BCUT2D eigenvalue weighted by Crippen LogP contribution is 2.42. The van der Waals surface area contributed by atoms with Crippen molar-refractivity contribution in [3.05, 3.63) is 71.8 Å². The van der Waals surface area contributed by atoms with Gasteiger partial charge < -0.3 is 9.30 Å². The zero-order valence-electron chi connectivity index (χ0n) is 30.1. The molecule has 0 spiro atoms. The molecule has 238 valence electrons. The van der Waals surface area contributed by atoms with Crippen LogP contribution < -0.4 is 4.74 Å². The van der Waals surface area contributed by atoms with Crippen LogP contribution in [0.2, 0.25) is 33.2 Å². The van der Waals surface area contributed by atoms with Gasteiger partial charge in [-0.15, -0.1) is 11.1 Å². The van der Waals surface area contributed by atoms with E-state index >= 15 is 0 Å². The molecule has 0 atom stereocenters. The molecular weight excluding hydrogens is 579 g/mol. The summed E-state index contributed by atoms with van der Waals surface area (Å²) in [6.45, 7) is 28.5. The van der Waals surface area contributed by atoms with Crippen LogP contribution in [0.1, 0.15) is 94.2 Å². The van der Waals surface area contributed by atoms with Crippen molar-refractivity contribution in [1.29, 1.82) is 0 Å². The van der Waals surface area contributed by atoms with E-state index in [1.54, 1.807) is 7.11 Å². The van der Waals surface area contributed by atoms with E-state index < -0.39 is 16.1 Å². The highest BCUT2D eigenvalue weighted by Gasteiger charge is 2.42. The van der Waals surface area contributed by atoms with Crippen molar-refractivity contribution in [2.45, 2.75) is 116 Å². The van der Waals surface area contributed by atoms with Crippen molar-refractivity contribution in [3.63, 3.8) is 0 Å². The van der Waals surface area contributed by atoms with Gasteiger partial charge >= 0.3 is 0 Å². The number of methoxy groups -OCH3 is 1. The van der Waals surface area contributed by atoms with Gasteiger partial charge in [0.15, 0.2) is 0 Å². The number of ether oxygens (including phenoxy) is 1. The predicted molar refractivity (Wildman–Crippen MR) is 203 cm³/mol. The van der Waals surface area contributed by atoms with Gasteiger partial charge in [-0.3, -0.25) is 0 Å². The summed E-state index contributed by atoms with van der Waals surface area (Å²) in [5, 5.41) is 2.41. The van der Waals surface area contributed by atoms with Crippen LogP contribution in [0.5, 0.6) is 5.75 Å². The van der Waals surface area contributed by atoms with Crippen molar-refractivity contribution in [3.8, 4) is 34.4 Å². The summed E-state index contributed by atoms with van der Waals surface area (Å²) in [4.78, 5) is 0. The van der Waals surface area contributed by atoms with E-state index in [1.807, 2.05) is 12.1 Å². The van der Waals surface area contributed by atoms with Crippen LogP contribution >= 0.6 is 0 Å². The Morgan fingerprint density at radius 3 is 1.27 bits per heavy atom. The molecule has 0 aliphatic rings. The molecule has 0 fully saturated rings. The van der Waals surface area contributed by atoms with Gasteiger partial charge in [0.2, 0.25) is 0 Å². The van der Waals surface area contributed by atoms with E-state index in [1.165, 1.54) is 10.8 Å². The second-order valence-electron chi connectivity index (χ2n) is 14.8. The fourth-order valence-electron chi connectivity index (χ4n) is 8.48. The molecule has 2 nitrogen and oxygen atoms in total. The molecule has 4 rings (SSSR count). The van der Waals surface area contributed by atoms with Gasteiger partial charge in [-0.1, -0.05) is 107 Å². The van der Waals surface area contributed by atoms with Crippen molar-refractivity contribution < 1.29 is 4.74 Å². The average molecular weight is 634 g/mol. The lowest BCUT2D eigenvalue weighted by atomic mass is 10.1. The van der Waals surface area contributed by atoms with Crippen LogP contribution in [0.15, 0.2) is 60.7 Å². The van der Waals surface area contributed by atoms with E-state index in [0.717, 1.165) is 33.6 Å². The Morgan fingerprint density at radius 2 is 0.911 bits per heavy atom. The van der Waals surface area contributed by atoms with Crippen molar-refractivity contribution in [2.75, 3.05) is 7.11 Å². The second-order valence-corrected chi connectivity index (χ2v) is 25.9. The zero-order chi connectivity index (χ0) is 33.3. The number of para-hydroxylation sites is 2. The molecule has 0 aliphatic heterocycles. The number of hydrogen-bond donors (Lipinski definition) is 0. The first-order valence-corrected chi connectivity index (χ1v) is 21.5. The first-order valence-electron chi connectivity index (χ1n) is 17.0. The van der Waals surface area contributed by atoms with E-state index in [-0.39, 0.29) is 0 Å². The summed E-state index contributed by atoms with van der Waals surface area (Å²) in [6, 6.07) is 21.8. The Bertz CT molecular complexity index is 1630. The van der Waals surface area contributed by atoms with Crippen molar-refractivity contribution >= 4 is 38.0 Å². The van der Waals surface area contributed by atoms with E-state index in [9.17, 15) is 0 Å². The molecule has 4 aromatic rings. The molecular formula is C41H55NOSi2. The molecule has 4 heteroatoms. The van der Waals surface area contributed by atoms with Gasteiger partial charge in [0.05, 0.1) is 23.8 Å². The van der Waals surface area contributed by atoms with Crippen molar-refractivity contribution in [1.82, 2.24) is 4.57 Å². The van der Waals surface area contributed by atoms with Gasteiger partial charge in [0, 0.05) is 21.9 Å². The van der Waals surface area contributed by atoms with E-state index in [0.29, 0.717) is 33.2 Å². The Labute approximate surface area is 276 Å².